The predicted octanol–water partition coefficient (Wildman–Crippen LogP) is 2.66. The van der Waals surface area contributed by atoms with Crippen molar-refractivity contribution in [3.8, 4) is 0 Å². The summed E-state index contributed by atoms with van der Waals surface area (Å²) in [5.74, 6) is 0.283. The summed E-state index contributed by atoms with van der Waals surface area (Å²) in [5.41, 5.74) is 0.338. The van der Waals surface area contributed by atoms with Gasteiger partial charge >= 0.3 is 5.97 Å². The van der Waals surface area contributed by atoms with E-state index in [9.17, 15) is 9.59 Å². The number of carbonyl (C=O) groups excluding carboxylic acids is 2. The highest BCUT2D eigenvalue weighted by molar-refractivity contribution is 5.96. The van der Waals surface area contributed by atoms with E-state index in [1.807, 2.05) is 0 Å². The number of ketones is 1. The van der Waals surface area contributed by atoms with Gasteiger partial charge in [0.25, 0.3) is 0 Å². The van der Waals surface area contributed by atoms with Crippen LogP contribution in [0.1, 0.15) is 53.4 Å². The third-order valence-electron chi connectivity index (χ3n) is 4.09. The molecule has 0 spiro atoms. The Labute approximate surface area is 122 Å². The Morgan fingerprint density at radius 3 is 2.50 bits per heavy atom. The van der Waals surface area contributed by atoms with Crippen LogP contribution in [0.4, 0.5) is 0 Å². The molecule has 1 atom stereocenters. The third-order valence-corrected chi connectivity index (χ3v) is 4.09. The minimum atomic E-state index is -0.403. The zero-order valence-corrected chi connectivity index (χ0v) is 13.4. The first-order chi connectivity index (χ1) is 9.32. The fourth-order valence-electron chi connectivity index (χ4n) is 2.86. The van der Waals surface area contributed by atoms with Crippen LogP contribution in [-0.2, 0) is 14.3 Å². The van der Waals surface area contributed by atoms with Crippen LogP contribution in [0.2, 0.25) is 0 Å². The molecule has 0 aliphatic carbocycles. The first-order valence-electron chi connectivity index (χ1n) is 7.72. The maximum Gasteiger partial charge on any atom is 0.313 e. The minimum Gasteiger partial charge on any atom is -0.466 e. The average molecular weight is 283 g/mol. The van der Waals surface area contributed by atoms with Crippen LogP contribution in [-0.4, -0.2) is 42.9 Å². The fraction of sp³-hybridized carbons (Fsp3) is 0.875. The molecule has 1 aliphatic heterocycles. The average Bonchev–Trinajstić information content (AvgIpc) is 2.53. The first-order valence-corrected chi connectivity index (χ1v) is 7.72. The monoisotopic (exact) mass is 283 g/mol. The second kappa shape index (κ2) is 7.77. The standard InChI is InChI=1S/C16H29NO3/c1-5-20-15(19)11-14(18)12-17-9-6-7-13(8-10-17)16(2,3)4/h13H,5-12H2,1-4H3. The highest BCUT2D eigenvalue weighted by Gasteiger charge is 2.27. The molecule has 0 bridgehead atoms. The summed E-state index contributed by atoms with van der Waals surface area (Å²) in [7, 11) is 0. The van der Waals surface area contributed by atoms with Crippen molar-refractivity contribution in [3.05, 3.63) is 0 Å². The zero-order valence-electron chi connectivity index (χ0n) is 13.4. The van der Waals surface area contributed by atoms with Crippen molar-refractivity contribution in [1.29, 1.82) is 0 Å². The molecule has 1 heterocycles. The van der Waals surface area contributed by atoms with Crippen molar-refractivity contribution < 1.29 is 14.3 Å². The largest absolute Gasteiger partial charge is 0.466 e. The summed E-state index contributed by atoms with van der Waals surface area (Å²) in [6.45, 7) is 11.3. The van der Waals surface area contributed by atoms with Crippen LogP contribution in [0.15, 0.2) is 0 Å². The van der Waals surface area contributed by atoms with Crippen LogP contribution in [0, 0.1) is 11.3 Å². The van der Waals surface area contributed by atoms with E-state index in [1.165, 1.54) is 6.42 Å². The van der Waals surface area contributed by atoms with Crippen LogP contribution in [0.3, 0.4) is 0 Å². The summed E-state index contributed by atoms with van der Waals surface area (Å²) in [6, 6.07) is 0. The van der Waals surface area contributed by atoms with E-state index in [0.29, 0.717) is 24.5 Å². The van der Waals surface area contributed by atoms with Gasteiger partial charge in [0.2, 0.25) is 0 Å². The third kappa shape index (κ3) is 6.04. The lowest BCUT2D eigenvalue weighted by Crippen LogP contribution is -2.32. The predicted molar refractivity (Wildman–Crippen MR) is 79.5 cm³/mol. The zero-order chi connectivity index (χ0) is 15.2. The quantitative estimate of drug-likeness (QED) is 0.575. The normalized spacial score (nSPS) is 21.3. The molecule has 1 aliphatic rings. The molecule has 20 heavy (non-hydrogen) atoms. The van der Waals surface area contributed by atoms with Crippen LogP contribution >= 0.6 is 0 Å². The van der Waals surface area contributed by atoms with Crippen molar-refractivity contribution >= 4 is 11.8 Å². The molecule has 116 valence electrons. The van der Waals surface area contributed by atoms with Gasteiger partial charge in [-0.25, -0.2) is 0 Å². The molecule has 1 fully saturated rings. The number of likely N-dealkylation sites (tertiary alicyclic amines) is 1. The maximum atomic E-state index is 11.8. The lowest BCUT2D eigenvalue weighted by molar-refractivity contribution is -0.145. The van der Waals surface area contributed by atoms with Gasteiger partial charge in [-0.1, -0.05) is 20.8 Å². The molecule has 0 N–H and O–H groups in total. The number of esters is 1. The Morgan fingerprint density at radius 2 is 1.90 bits per heavy atom. The number of ether oxygens (including phenoxy) is 1. The van der Waals surface area contributed by atoms with Crippen molar-refractivity contribution in [2.24, 2.45) is 11.3 Å². The van der Waals surface area contributed by atoms with Crippen LogP contribution < -0.4 is 0 Å². The van der Waals surface area contributed by atoms with Crippen molar-refractivity contribution in [3.63, 3.8) is 0 Å². The number of rotatable bonds is 5. The van der Waals surface area contributed by atoms with Crippen molar-refractivity contribution in [2.45, 2.75) is 53.4 Å². The fourth-order valence-corrected chi connectivity index (χ4v) is 2.86. The van der Waals surface area contributed by atoms with Gasteiger partial charge in [0.1, 0.15) is 6.42 Å². The SMILES string of the molecule is CCOC(=O)CC(=O)CN1CCCC(C(C)(C)C)CC1. The topological polar surface area (TPSA) is 46.6 Å². The Morgan fingerprint density at radius 1 is 1.20 bits per heavy atom. The van der Waals surface area contributed by atoms with E-state index in [4.69, 9.17) is 4.74 Å². The molecule has 4 heteroatoms. The van der Waals surface area contributed by atoms with Crippen molar-refractivity contribution in [1.82, 2.24) is 4.90 Å². The van der Waals surface area contributed by atoms with Gasteiger partial charge < -0.3 is 4.74 Å². The highest BCUT2D eigenvalue weighted by atomic mass is 16.5. The maximum absolute atomic E-state index is 11.8. The van der Waals surface area contributed by atoms with E-state index in [-0.39, 0.29) is 12.2 Å². The van der Waals surface area contributed by atoms with Gasteiger partial charge in [0.15, 0.2) is 5.78 Å². The number of Topliss-reactive ketones (excluding diaryl/α,β-unsaturated/α-hetero) is 1. The lowest BCUT2D eigenvalue weighted by Gasteiger charge is -2.29. The van der Waals surface area contributed by atoms with E-state index >= 15 is 0 Å². The summed E-state index contributed by atoms with van der Waals surface area (Å²) >= 11 is 0. The Bertz CT molecular complexity index is 333. The van der Waals surface area contributed by atoms with E-state index in [2.05, 4.69) is 25.7 Å². The number of nitrogens with zero attached hydrogens (tertiary/aromatic N) is 1. The minimum absolute atomic E-state index is 0.0299. The highest BCUT2D eigenvalue weighted by Crippen LogP contribution is 2.34. The molecule has 1 unspecified atom stereocenters. The van der Waals surface area contributed by atoms with Gasteiger partial charge in [0.05, 0.1) is 13.2 Å². The lowest BCUT2D eigenvalue weighted by atomic mass is 9.77. The molecule has 0 aromatic heterocycles. The molecular weight excluding hydrogens is 254 g/mol. The van der Waals surface area contributed by atoms with E-state index < -0.39 is 5.97 Å². The second-order valence-electron chi connectivity index (χ2n) is 6.79. The molecule has 4 nitrogen and oxygen atoms in total. The second-order valence-corrected chi connectivity index (χ2v) is 6.79. The van der Waals surface area contributed by atoms with Gasteiger partial charge in [0, 0.05) is 0 Å². The molecule has 0 radical (unpaired) electrons. The van der Waals surface area contributed by atoms with Crippen LogP contribution in [0.5, 0.6) is 0 Å². The van der Waals surface area contributed by atoms with Gasteiger partial charge in [-0.05, 0) is 50.6 Å². The van der Waals surface area contributed by atoms with Crippen LogP contribution in [0.25, 0.3) is 0 Å². The van der Waals surface area contributed by atoms with E-state index in [1.54, 1.807) is 6.92 Å². The summed E-state index contributed by atoms with van der Waals surface area (Å²) in [6.07, 6.45) is 3.41. The Kier molecular flexibility index (Phi) is 6.66. The van der Waals surface area contributed by atoms with Gasteiger partial charge in [-0.15, -0.1) is 0 Å². The molecular formula is C16H29NO3. The molecule has 0 amide bonds. The number of carbonyl (C=O) groups is 2. The van der Waals surface area contributed by atoms with E-state index in [0.717, 1.165) is 25.9 Å². The van der Waals surface area contributed by atoms with Gasteiger partial charge in [-0.2, -0.15) is 0 Å². The Hall–Kier alpha value is -0.900. The summed E-state index contributed by atoms with van der Waals surface area (Å²) in [4.78, 5) is 25.3. The van der Waals surface area contributed by atoms with Crippen molar-refractivity contribution in [2.75, 3.05) is 26.2 Å². The molecule has 0 aromatic rings. The molecule has 0 aromatic carbocycles. The number of hydrogen-bond donors (Lipinski definition) is 0. The first kappa shape index (κ1) is 17.2. The Balaban J connectivity index is 2.38. The smallest absolute Gasteiger partial charge is 0.313 e. The summed E-state index contributed by atoms with van der Waals surface area (Å²) < 4.78 is 4.81. The molecule has 1 saturated heterocycles. The summed E-state index contributed by atoms with van der Waals surface area (Å²) in [5, 5.41) is 0. The number of hydrogen-bond acceptors (Lipinski definition) is 4. The molecule has 0 saturated carbocycles. The molecule has 1 rings (SSSR count). The van der Waals surface area contributed by atoms with Gasteiger partial charge in [-0.3, -0.25) is 14.5 Å².